The summed E-state index contributed by atoms with van der Waals surface area (Å²) in [5.41, 5.74) is 7.53. The van der Waals surface area contributed by atoms with Crippen LogP contribution in [-0.4, -0.2) is 52.9 Å². The van der Waals surface area contributed by atoms with Gasteiger partial charge in [0.25, 0.3) is 0 Å². The SMILES string of the molecule is COc1nc(OCc2cccc(-c3cccc(COc4nc(OC)c(CNCCC(=O)O)cc4Cl)c3C)c2C)c(Cl)cc1CCCCC(=O)O. The summed E-state index contributed by atoms with van der Waals surface area (Å²) in [4.78, 5) is 30.6. The van der Waals surface area contributed by atoms with Crippen molar-refractivity contribution in [1.82, 2.24) is 15.3 Å². The largest absolute Gasteiger partial charge is 0.481 e. The van der Waals surface area contributed by atoms with Crippen molar-refractivity contribution < 1.29 is 38.7 Å². The number of hydrogen-bond acceptors (Lipinski definition) is 9. The number of aliphatic carboxylic acids is 2. The molecule has 0 aliphatic carbocycles. The van der Waals surface area contributed by atoms with Gasteiger partial charge in [0.15, 0.2) is 0 Å². The molecule has 0 unspecified atom stereocenters. The van der Waals surface area contributed by atoms with Crippen LogP contribution in [0.1, 0.15) is 59.1 Å². The number of rotatable bonds is 19. The van der Waals surface area contributed by atoms with Crippen LogP contribution < -0.4 is 24.3 Å². The number of hydrogen-bond donors (Lipinski definition) is 3. The number of halogens is 2. The van der Waals surface area contributed by atoms with Crippen molar-refractivity contribution in [2.24, 2.45) is 0 Å². The van der Waals surface area contributed by atoms with Crippen LogP contribution in [0.25, 0.3) is 11.1 Å². The maximum Gasteiger partial charge on any atom is 0.304 e. The number of nitrogens with zero attached hydrogens (tertiary/aromatic N) is 2. The van der Waals surface area contributed by atoms with Crippen molar-refractivity contribution in [2.75, 3.05) is 20.8 Å². The Balaban J connectivity index is 1.46. The fourth-order valence-electron chi connectivity index (χ4n) is 5.41. The molecule has 2 aromatic carbocycles. The van der Waals surface area contributed by atoms with E-state index in [0.717, 1.165) is 38.9 Å². The van der Waals surface area contributed by atoms with Gasteiger partial charge in [-0.1, -0.05) is 59.6 Å². The van der Waals surface area contributed by atoms with E-state index >= 15 is 0 Å². The lowest BCUT2D eigenvalue weighted by atomic mass is 9.92. The average molecular weight is 727 g/mol. The zero-order valence-corrected chi connectivity index (χ0v) is 30.0. The van der Waals surface area contributed by atoms with E-state index in [1.54, 1.807) is 12.1 Å². The minimum atomic E-state index is -0.882. The molecule has 0 atom stereocenters. The molecule has 266 valence electrons. The number of nitrogens with one attached hydrogen (secondary N) is 1. The van der Waals surface area contributed by atoms with Gasteiger partial charge in [0, 0.05) is 30.6 Å². The number of benzene rings is 2. The van der Waals surface area contributed by atoms with E-state index in [-0.39, 0.29) is 37.8 Å². The second kappa shape index (κ2) is 18.4. The normalized spacial score (nSPS) is 10.9. The second-order valence-corrected chi connectivity index (χ2v) is 12.4. The molecular formula is C37H41Cl2N3O8. The third kappa shape index (κ3) is 10.2. The van der Waals surface area contributed by atoms with E-state index in [0.29, 0.717) is 59.7 Å². The minimum Gasteiger partial charge on any atom is -0.481 e. The minimum absolute atomic E-state index is 0.00201. The summed E-state index contributed by atoms with van der Waals surface area (Å²) < 4.78 is 23.1. The maximum atomic E-state index is 10.8. The van der Waals surface area contributed by atoms with E-state index in [9.17, 15) is 9.59 Å². The van der Waals surface area contributed by atoms with Gasteiger partial charge < -0.3 is 34.5 Å². The van der Waals surface area contributed by atoms with Crippen LogP contribution in [0.4, 0.5) is 0 Å². The smallest absolute Gasteiger partial charge is 0.304 e. The molecule has 0 amide bonds. The Morgan fingerprint density at radius 1 is 0.700 bits per heavy atom. The first-order valence-corrected chi connectivity index (χ1v) is 16.8. The van der Waals surface area contributed by atoms with Crippen LogP contribution in [-0.2, 0) is 35.8 Å². The molecule has 0 saturated carbocycles. The van der Waals surface area contributed by atoms with E-state index in [1.165, 1.54) is 14.2 Å². The topological polar surface area (TPSA) is 149 Å². The highest BCUT2D eigenvalue weighted by molar-refractivity contribution is 6.32. The zero-order valence-electron chi connectivity index (χ0n) is 28.5. The Kier molecular flexibility index (Phi) is 14.1. The van der Waals surface area contributed by atoms with Crippen molar-refractivity contribution in [3.05, 3.63) is 92.0 Å². The molecular weight excluding hydrogens is 685 g/mol. The van der Waals surface area contributed by atoms with Crippen molar-refractivity contribution in [3.63, 3.8) is 0 Å². The highest BCUT2D eigenvalue weighted by Crippen LogP contribution is 2.34. The highest BCUT2D eigenvalue weighted by atomic mass is 35.5. The van der Waals surface area contributed by atoms with Gasteiger partial charge in [0.1, 0.15) is 23.3 Å². The van der Waals surface area contributed by atoms with Gasteiger partial charge in [-0.05, 0) is 78.6 Å². The molecule has 4 rings (SSSR count). The average Bonchev–Trinajstić information content (AvgIpc) is 3.08. The van der Waals surface area contributed by atoms with Gasteiger partial charge in [-0.15, -0.1) is 0 Å². The van der Waals surface area contributed by atoms with Gasteiger partial charge in [-0.2, -0.15) is 9.97 Å². The number of unbranched alkanes of at least 4 members (excludes halogenated alkanes) is 1. The number of aryl methyl sites for hydroxylation is 1. The Labute approximate surface area is 301 Å². The first kappa shape index (κ1) is 38.2. The lowest BCUT2D eigenvalue weighted by molar-refractivity contribution is -0.138. The van der Waals surface area contributed by atoms with Gasteiger partial charge in [0.2, 0.25) is 23.5 Å². The molecule has 0 aliphatic rings. The highest BCUT2D eigenvalue weighted by Gasteiger charge is 2.17. The summed E-state index contributed by atoms with van der Waals surface area (Å²) in [5, 5.41) is 21.5. The zero-order chi connectivity index (χ0) is 36.2. The summed E-state index contributed by atoms with van der Waals surface area (Å²) >= 11 is 13.1. The fourth-order valence-corrected chi connectivity index (χ4v) is 5.87. The summed E-state index contributed by atoms with van der Waals surface area (Å²) in [6.07, 6.45) is 1.91. The molecule has 50 heavy (non-hydrogen) atoms. The summed E-state index contributed by atoms with van der Waals surface area (Å²) in [6, 6.07) is 15.5. The number of carboxylic acids is 2. The van der Waals surface area contributed by atoms with E-state index in [2.05, 4.69) is 27.4 Å². The third-order valence-corrected chi connectivity index (χ3v) is 8.72. The summed E-state index contributed by atoms with van der Waals surface area (Å²) in [6.45, 7) is 5.17. The van der Waals surface area contributed by atoms with Gasteiger partial charge in [0.05, 0.1) is 20.6 Å². The predicted octanol–water partition coefficient (Wildman–Crippen LogP) is 7.60. The van der Waals surface area contributed by atoms with Crippen LogP contribution in [0.15, 0.2) is 48.5 Å². The number of carbonyl (C=O) groups is 2. The molecule has 0 spiro atoms. The molecule has 4 aromatic rings. The molecule has 0 saturated heterocycles. The third-order valence-electron chi connectivity index (χ3n) is 8.18. The standard InChI is InChI=1S/C37H41Cl2N3O8/c1-22-25(20-49-36-30(38)17-24(34(41-36)47-3)9-5-6-14-32(43)44)10-7-12-28(22)29-13-8-11-26(23(29)2)21-50-37-31(39)18-27(35(42-37)48-4)19-40-16-15-33(45)46/h7-8,10-13,17-18,40H,5-6,9,14-16,19-21H2,1-4H3,(H,43,44)(H,45,46). The molecule has 0 fully saturated rings. The van der Waals surface area contributed by atoms with Crippen molar-refractivity contribution in [3.8, 4) is 34.6 Å². The summed E-state index contributed by atoms with van der Waals surface area (Å²) in [5.74, 6) is -0.482. The van der Waals surface area contributed by atoms with Crippen LogP contribution in [0.3, 0.4) is 0 Å². The molecule has 2 aromatic heterocycles. The second-order valence-electron chi connectivity index (χ2n) is 11.6. The lowest BCUT2D eigenvalue weighted by Gasteiger charge is -2.17. The first-order chi connectivity index (χ1) is 24.0. The van der Waals surface area contributed by atoms with Crippen molar-refractivity contribution >= 4 is 35.1 Å². The molecule has 11 nitrogen and oxygen atoms in total. The summed E-state index contributed by atoms with van der Waals surface area (Å²) in [7, 11) is 3.03. The van der Waals surface area contributed by atoms with E-state index < -0.39 is 11.9 Å². The molecule has 3 N–H and O–H groups in total. The number of carboxylic acid groups (broad SMARTS) is 2. The van der Waals surface area contributed by atoms with Gasteiger partial charge in [-0.25, -0.2) is 0 Å². The maximum absolute atomic E-state index is 10.8. The number of ether oxygens (including phenoxy) is 4. The van der Waals surface area contributed by atoms with Gasteiger partial charge >= 0.3 is 11.9 Å². The number of pyridine rings is 2. The molecule has 0 radical (unpaired) electrons. The fraction of sp³-hybridized carbons (Fsp3) is 0.351. The lowest BCUT2D eigenvalue weighted by Crippen LogP contribution is -2.18. The molecule has 13 heteroatoms. The van der Waals surface area contributed by atoms with Gasteiger partial charge in [-0.3, -0.25) is 9.59 Å². The molecule has 2 heterocycles. The van der Waals surface area contributed by atoms with Crippen LogP contribution in [0.5, 0.6) is 23.5 Å². The Hall–Kier alpha value is -4.58. The predicted molar refractivity (Wildman–Crippen MR) is 191 cm³/mol. The van der Waals surface area contributed by atoms with Crippen LogP contribution in [0, 0.1) is 13.8 Å². The quantitative estimate of drug-likeness (QED) is 0.0820. The van der Waals surface area contributed by atoms with E-state index in [1.807, 2.05) is 38.1 Å². The number of aromatic nitrogens is 2. The first-order valence-electron chi connectivity index (χ1n) is 16.1. The van der Waals surface area contributed by atoms with E-state index in [4.69, 9.17) is 52.4 Å². The Morgan fingerprint density at radius 2 is 1.20 bits per heavy atom. The van der Waals surface area contributed by atoms with Crippen molar-refractivity contribution in [1.29, 1.82) is 0 Å². The number of methoxy groups -OCH3 is 2. The monoisotopic (exact) mass is 725 g/mol. The van der Waals surface area contributed by atoms with Crippen LogP contribution >= 0.6 is 23.2 Å². The molecule has 0 aliphatic heterocycles. The Bertz CT molecular complexity index is 1690. The molecule has 0 bridgehead atoms. The van der Waals surface area contributed by atoms with Crippen molar-refractivity contribution in [2.45, 2.75) is 65.7 Å². The Morgan fingerprint density at radius 3 is 1.70 bits per heavy atom. The van der Waals surface area contributed by atoms with Crippen LogP contribution in [0.2, 0.25) is 10.0 Å².